The lowest BCUT2D eigenvalue weighted by Gasteiger charge is -2.08. The Balaban J connectivity index is 1.62. The number of nitrogens with zero attached hydrogens (tertiary/aromatic N) is 2. The summed E-state index contributed by atoms with van der Waals surface area (Å²) in [6.45, 7) is 0.711. The number of nitrogens with one attached hydrogen (secondary N) is 2. The highest BCUT2D eigenvalue weighted by Gasteiger charge is 2.15. The van der Waals surface area contributed by atoms with E-state index in [9.17, 15) is 20.0 Å². The molecule has 2 aromatic carbocycles. The molecular weight excluding hydrogens is 590 g/mol. The Morgan fingerprint density at radius 2 is 1.08 bits per heavy atom. The second-order valence-corrected chi connectivity index (χ2v) is 11.4. The summed E-state index contributed by atoms with van der Waals surface area (Å²) in [6.07, 6.45) is 0.204. The fraction of sp³-hybridized carbons (Fsp3) is 0.273. The third-order valence-corrected chi connectivity index (χ3v) is 8.39. The van der Waals surface area contributed by atoms with Crippen molar-refractivity contribution < 1.29 is 20.0 Å². The van der Waals surface area contributed by atoms with Crippen LogP contribution in [0, 0.1) is 0 Å². The topological polar surface area (TPSA) is 123 Å². The first-order chi connectivity index (χ1) is 17.2. The van der Waals surface area contributed by atoms with Crippen molar-refractivity contribution in [3.63, 3.8) is 0 Å². The Kier molecular flexibility index (Phi) is 13.6. The molecule has 2 aromatic rings. The molecule has 0 radical (unpaired) electrons. The van der Waals surface area contributed by atoms with Gasteiger partial charge in [0.25, 0.3) is 11.8 Å². The van der Waals surface area contributed by atoms with Crippen LogP contribution >= 0.6 is 68.0 Å². The monoisotopic (exact) mass is 610 g/mol. The van der Waals surface area contributed by atoms with Crippen molar-refractivity contribution in [2.45, 2.75) is 12.8 Å². The Bertz CT molecular complexity index is 1050. The molecule has 0 heterocycles. The van der Waals surface area contributed by atoms with Crippen LogP contribution in [0.5, 0.6) is 0 Å². The number of hydrogen-bond acceptors (Lipinski definition) is 8. The maximum Gasteiger partial charge on any atom is 0.269 e. The fourth-order valence-corrected chi connectivity index (χ4v) is 5.20. The van der Waals surface area contributed by atoms with Crippen molar-refractivity contribution in [3.05, 3.63) is 67.6 Å². The molecule has 194 valence electrons. The van der Waals surface area contributed by atoms with E-state index in [1.807, 2.05) is 0 Å². The molecule has 36 heavy (non-hydrogen) atoms. The van der Waals surface area contributed by atoms with E-state index >= 15 is 0 Å². The number of rotatable bonds is 13. The maximum atomic E-state index is 12.2. The zero-order valence-electron chi connectivity index (χ0n) is 18.6. The standard InChI is InChI=1S/C22H22Cl4N4O4S2/c23-15-3-1-13(9-17(15)25)11-19(29-33)21(31)27-5-7-35-36-8-6-28-22(32)20(30-34)12-14-2-4-16(24)18(26)10-14/h1-4,9-10,33-34H,5-8,11-12H2,(H,27,31)(H,28,32). The van der Waals surface area contributed by atoms with Crippen molar-refractivity contribution in [3.8, 4) is 0 Å². The zero-order chi connectivity index (χ0) is 26.5. The summed E-state index contributed by atoms with van der Waals surface area (Å²) in [4.78, 5) is 24.5. The normalized spacial score (nSPS) is 11.9. The Labute approximate surface area is 236 Å². The van der Waals surface area contributed by atoms with E-state index < -0.39 is 11.8 Å². The minimum atomic E-state index is -0.487. The van der Waals surface area contributed by atoms with Crippen LogP contribution in [0.2, 0.25) is 20.1 Å². The average Bonchev–Trinajstić information content (AvgIpc) is 2.86. The predicted octanol–water partition coefficient (Wildman–Crippen LogP) is 5.36. The maximum absolute atomic E-state index is 12.2. The summed E-state index contributed by atoms with van der Waals surface area (Å²) >= 11 is 23.7. The molecule has 0 aliphatic carbocycles. The van der Waals surface area contributed by atoms with Gasteiger partial charge in [0.05, 0.1) is 20.1 Å². The third kappa shape index (κ3) is 10.3. The number of carbonyl (C=O) groups excluding carboxylic acids is 2. The second kappa shape index (κ2) is 16.1. The number of hydrogen-bond donors (Lipinski definition) is 4. The van der Waals surface area contributed by atoms with Gasteiger partial charge in [0.15, 0.2) is 0 Å². The van der Waals surface area contributed by atoms with Crippen molar-refractivity contribution in [2.24, 2.45) is 10.3 Å². The highest BCUT2D eigenvalue weighted by atomic mass is 35.5. The molecule has 14 heteroatoms. The Hall–Kier alpha value is -1.82. The van der Waals surface area contributed by atoms with Crippen molar-refractivity contribution in [2.75, 3.05) is 24.6 Å². The molecule has 2 rings (SSSR count). The van der Waals surface area contributed by atoms with Gasteiger partial charge in [-0.25, -0.2) is 0 Å². The van der Waals surface area contributed by atoms with Crippen LogP contribution in [0.3, 0.4) is 0 Å². The highest BCUT2D eigenvalue weighted by Crippen LogP contribution is 2.24. The van der Waals surface area contributed by atoms with E-state index in [1.165, 1.54) is 21.6 Å². The molecule has 4 N–H and O–H groups in total. The first-order valence-electron chi connectivity index (χ1n) is 10.4. The van der Waals surface area contributed by atoms with Crippen molar-refractivity contribution >= 4 is 91.2 Å². The van der Waals surface area contributed by atoms with Gasteiger partial charge >= 0.3 is 0 Å². The minimum Gasteiger partial charge on any atom is -0.410 e. The van der Waals surface area contributed by atoms with Gasteiger partial charge in [-0.15, -0.1) is 0 Å². The largest absolute Gasteiger partial charge is 0.410 e. The molecule has 0 aliphatic heterocycles. The van der Waals surface area contributed by atoms with Crippen LogP contribution in [-0.4, -0.2) is 58.2 Å². The van der Waals surface area contributed by atoms with Gasteiger partial charge < -0.3 is 21.0 Å². The lowest BCUT2D eigenvalue weighted by Crippen LogP contribution is -2.34. The van der Waals surface area contributed by atoms with E-state index in [0.717, 1.165) is 0 Å². The smallest absolute Gasteiger partial charge is 0.269 e. The lowest BCUT2D eigenvalue weighted by molar-refractivity contribution is -0.115. The summed E-state index contributed by atoms with van der Waals surface area (Å²) in [5.74, 6) is 0.214. The van der Waals surface area contributed by atoms with Gasteiger partial charge in [0.2, 0.25) is 0 Å². The van der Waals surface area contributed by atoms with Crippen LogP contribution < -0.4 is 10.6 Å². The first-order valence-corrected chi connectivity index (χ1v) is 14.4. The van der Waals surface area contributed by atoms with Crippen molar-refractivity contribution in [1.29, 1.82) is 0 Å². The lowest BCUT2D eigenvalue weighted by atomic mass is 10.1. The summed E-state index contributed by atoms with van der Waals surface area (Å²) in [5, 5.41) is 31.4. The van der Waals surface area contributed by atoms with E-state index in [4.69, 9.17) is 46.4 Å². The van der Waals surface area contributed by atoms with Gasteiger partial charge in [-0.3, -0.25) is 9.59 Å². The summed E-state index contributed by atoms with van der Waals surface area (Å²) in [5.41, 5.74) is 1.28. The quantitative estimate of drug-likeness (QED) is 0.0795. The van der Waals surface area contributed by atoms with Crippen LogP contribution in [0.4, 0.5) is 0 Å². The second-order valence-electron chi connectivity index (χ2n) is 7.10. The Morgan fingerprint density at radius 3 is 1.42 bits per heavy atom. The molecule has 0 aliphatic rings. The predicted molar refractivity (Wildman–Crippen MR) is 150 cm³/mol. The van der Waals surface area contributed by atoms with E-state index in [0.29, 0.717) is 55.8 Å². The molecular formula is C22H22Cl4N4O4S2. The number of amides is 2. The van der Waals surface area contributed by atoms with Crippen LogP contribution in [0.25, 0.3) is 0 Å². The zero-order valence-corrected chi connectivity index (χ0v) is 23.3. The summed E-state index contributed by atoms with van der Waals surface area (Å²) < 4.78 is 0. The number of halogens is 4. The highest BCUT2D eigenvalue weighted by molar-refractivity contribution is 8.76. The van der Waals surface area contributed by atoms with Crippen LogP contribution in [0.15, 0.2) is 46.7 Å². The van der Waals surface area contributed by atoms with Gasteiger partial charge in [0, 0.05) is 37.4 Å². The van der Waals surface area contributed by atoms with E-state index in [2.05, 4.69) is 20.9 Å². The average molecular weight is 612 g/mol. The molecule has 0 bridgehead atoms. The van der Waals surface area contributed by atoms with Crippen LogP contribution in [0.1, 0.15) is 11.1 Å². The van der Waals surface area contributed by atoms with E-state index in [1.54, 1.807) is 36.4 Å². The molecule has 8 nitrogen and oxygen atoms in total. The Morgan fingerprint density at radius 1 is 0.694 bits per heavy atom. The first kappa shape index (κ1) is 30.4. The molecule has 0 aromatic heterocycles. The van der Waals surface area contributed by atoms with Gasteiger partial charge in [0.1, 0.15) is 11.4 Å². The molecule has 2 amide bonds. The number of carbonyl (C=O) groups is 2. The van der Waals surface area contributed by atoms with Crippen LogP contribution in [-0.2, 0) is 22.4 Å². The molecule has 0 saturated heterocycles. The SMILES string of the molecule is O=C(NCCSSCCNC(=O)C(Cc1ccc(Cl)c(Cl)c1)=NO)C(Cc1ccc(Cl)c(Cl)c1)=NO. The van der Waals surface area contributed by atoms with Gasteiger partial charge in [-0.1, -0.05) is 90.4 Å². The molecule has 0 saturated carbocycles. The number of oxime groups is 2. The minimum absolute atomic E-state index is 0.0454. The fourth-order valence-electron chi connectivity index (χ4n) is 2.74. The summed E-state index contributed by atoms with van der Waals surface area (Å²) in [6, 6.07) is 9.82. The van der Waals surface area contributed by atoms with Gasteiger partial charge in [-0.05, 0) is 35.4 Å². The van der Waals surface area contributed by atoms with Crippen molar-refractivity contribution in [1.82, 2.24) is 10.6 Å². The third-order valence-electron chi connectivity index (χ3n) is 4.50. The molecule has 0 spiro atoms. The van der Waals surface area contributed by atoms with Gasteiger partial charge in [-0.2, -0.15) is 0 Å². The molecule has 0 unspecified atom stereocenters. The van der Waals surface area contributed by atoms with E-state index in [-0.39, 0.29) is 24.3 Å². The molecule has 0 atom stereocenters. The molecule has 0 fully saturated rings. The number of benzene rings is 2. The summed E-state index contributed by atoms with van der Waals surface area (Å²) in [7, 11) is 3.01.